The highest BCUT2D eigenvalue weighted by Crippen LogP contribution is 2.29. The molecular formula is C66H67N17O12. The Morgan fingerprint density at radius 1 is 0.421 bits per heavy atom. The summed E-state index contributed by atoms with van der Waals surface area (Å²) < 4.78 is 10.8. The van der Waals surface area contributed by atoms with Gasteiger partial charge in [0, 0.05) is 45.1 Å². The van der Waals surface area contributed by atoms with Crippen LogP contribution in [0.4, 0.5) is 0 Å². The van der Waals surface area contributed by atoms with Gasteiger partial charge in [0.05, 0.1) is 37.5 Å². The molecule has 0 aliphatic carbocycles. The molecule has 0 spiro atoms. The molecule has 3 heterocycles. The van der Waals surface area contributed by atoms with Crippen molar-refractivity contribution in [2.24, 2.45) is 20.5 Å². The van der Waals surface area contributed by atoms with Crippen LogP contribution in [0.25, 0.3) is 50.2 Å². The number of rotatable bonds is 27. The number of aromatic nitrogens is 9. The summed E-state index contributed by atoms with van der Waals surface area (Å²) in [5.41, 5.74) is 2.51. The first kappa shape index (κ1) is 70.4. The van der Waals surface area contributed by atoms with Gasteiger partial charge in [0.15, 0.2) is 22.2 Å². The lowest BCUT2D eigenvalue weighted by Gasteiger charge is -2.19. The Morgan fingerprint density at radius 2 is 0.674 bits per heavy atom. The Kier molecular flexibility index (Phi) is 23.9. The second-order valence-electron chi connectivity index (χ2n) is 22.5. The first-order valence-electron chi connectivity index (χ1n) is 29.7. The molecule has 6 aromatic carbocycles. The fourth-order valence-corrected chi connectivity index (χ4v) is 8.74. The second-order valence-corrected chi connectivity index (χ2v) is 22.5. The van der Waals surface area contributed by atoms with Crippen molar-refractivity contribution in [1.82, 2.24) is 45.0 Å². The van der Waals surface area contributed by atoms with E-state index in [9.17, 15) is 45.0 Å². The number of hydrogen-bond donors (Lipinski definition) is 6. The molecule has 0 aliphatic rings. The molecule has 6 N–H and O–H groups in total. The van der Waals surface area contributed by atoms with Crippen LogP contribution >= 0.6 is 0 Å². The number of esters is 2. The summed E-state index contributed by atoms with van der Waals surface area (Å²) in [6.45, 7) is 6.00. The standard InChI is InChI=1S/C40H38N10O6.C14H13N3O2.C12H16N4O4/c1-39(25-41,19-15-37(53)55-21-17-27-11-13-35(51)33(23-27)49-43-29-7-3-4-8-30(29)44-49)47-48-40(2,26-42)20-16-38(54)56-22-18-28-12-14-36(52)34(24-28)50-45-31-9-5-6-10-32(31)46-50;18-8-7-10-5-6-14(19)13(9-10)17-15-11-3-1-2-4-12(11)16-17;1-11(7-13,5-3-9(17)18)15-16-12(2,8-14)6-4-10(19)20/h3-14,23-24,51-52H,15-22H2,1-2H3;1-6,9,18-19H,7-8H2;3-6H2,1-2H3,(H,17,18)(H,19,20). The number of carbonyl (C=O) groups is 4. The first-order chi connectivity index (χ1) is 45.4. The van der Waals surface area contributed by atoms with Crippen molar-refractivity contribution in [2.45, 2.75) is 120 Å². The summed E-state index contributed by atoms with van der Waals surface area (Å²) in [7, 11) is 0. The maximum absolute atomic E-state index is 12.6. The molecule has 0 fully saturated rings. The molecule has 4 unspecified atom stereocenters. The Balaban J connectivity index is 0.000000264. The van der Waals surface area contributed by atoms with E-state index >= 15 is 0 Å². The van der Waals surface area contributed by atoms with Crippen LogP contribution in [0, 0.1) is 45.3 Å². The van der Waals surface area contributed by atoms with E-state index in [1.165, 1.54) is 54.2 Å². The van der Waals surface area contributed by atoms with Gasteiger partial charge in [-0.1, -0.05) is 54.6 Å². The molecule has 29 heteroatoms. The number of phenols is 3. The van der Waals surface area contributed by atoms with Crippen LogP contribution in [-0.2, 0) is 47.9 Å². The van der Waals surface area contributed by atoms with E-state index in [2.05, 4.69) is 51.0 Å². The fourth-order valence-electron chi connectivity index (χ4n) is 8.74. The minimum absolute atomic E-state index is 0.000975. The Labute approximate surface area is 543 Å². The molecule has 95 heavy (non-hydrogen) atoms. The number of carboxylic acid groups (broad SMARTS) is 2. The Hall–Kier alpha value is -12.1. The van der Waals surface area contributed by atoms with E-state index in [0.29, 0.717) is 58.4 Å². The van der Waals surface area contributed by atoms with Crippen molar-refractivity contribution in [3.05, 3.63) is 144 Å². The van der Waals surface area contributed by atoms with Gasteiger partial charge in [-0.3, -0.25) is 19.2 Å². The zero-order valence-electron chi connectivity index (χ0n) is 52.3. The lowest BCUT2D eigenvalue weighted by Crippen LogP contribution is -2.25. The number of nitriles is 4. The summed E-state index contributed by atoms with van der Waals surface area (Å²) >= 11 is 0. The average Bonchev–Trinajstić information content (AvgIpc) is 1.90. The van der Waals surface area contributed by atoms with Gasteiger partial charge in [-0.2, -0.15) is 41.5 Å². The number of aliphatic hydroxyl groups is 1. The van der Waals surface area contributed by atoms with Crippen LogP contribution in [0.2, 0.25) is 0 Å². The number of carboxylic acids is 2. The maximum Gasteiger partial charge on any atom is 0.305 e. The van der Waals surface area contributed by atoms with E-state index in [0.717, 1.165) is 27.7 Å². The number of aliphatic carboxylic acids is 2. The zero-order chi connectivity index (χ0) is 68.8. The highest BCUT2D eigenvalue weighted by Gasteiger charge is 2.32. The predicted molar refractivity (Wildman–Crippen MR) is 340 cm³/mol. The number of hydrogen-bond acceptors (Lipinski definition) is 24. The van der Waals surface area contributed by atoms with Crippen LogP contribution in [0.5, 0.6) is 17.2 Å². The van der Waals surface area contributed by atoms with Crippen molar-refractivity contribution < 1.29 is 59.3 Å². The van der Waals surface area contributed by atoms with Crippen molar-refractivity contribution in [2.75, 3.05) is 19.8 Å². The quantitative estimate of drug-likeness (QED) is 0.0206. The summed E-state index contributed by atoms with van der Waals surface area (Å²) in [6.07, 6.45) is 0.408. The number of phenolic OH excluding ortho intramolecular Hbond substituents is 3. The Morgan fingerprint density at radius 3 is 0.916 bits per heavy atom. The fraction of sp³-hybridized carbons (Fsp3) is 0.333. The molecular weight excluding hydrogens is 1220 g/mol. The second kappa shape index (κ2) is 32.3. The number of ether oxygens (including phenoxy) is 2. The summed E-state index contributed by atoms with van der Waals surface area (Å²) in [5.74, 6) is -3.09. The third kappa shape index (κ3) is 20.2. The van der Waals surface area contributed by atoms with Gasteiger partial charge in [-0.25, -0.2) is 0 Å². The molecule has 0 aliphatic heterocycles. The van der Waals surface area contributed by atoms with Gasteiger partial charge in [-0.15, -0.1) is 45.0 Å². The predicted octanol–water partition coefficient (Wildman–Crippen LogP) is 9.41. The lowest BCUT2D eigenvalue weighted by molar-refractivity contribution is -0.144. The number of fused-ring (bicyclic) bond motifs is 3. The van der Waals surface area contributed by atoms with E-state index in [-0.39, 0.29) is 88.4 Å². The van der Waals surface area contributed by atoms with Gasteiger partial charge in [0.2, 0.25) is 0 Å². The van der Waals surface area contributed by atoms with Gasteiger partial charge in [0.25, 0.3) is 0 Å². The number of aromatic hydroxyl groups is 3. The summed E-state index contributed by atoms with van der Waals surface area (Å²) in [6, 6.07) is 45.1. The summed E-state index contributed by atoms with van der Waals surface area (Å²) in [4.78, 5) is 50.3. The number of azo groups is 2. The molecule has 9 rings (SSSR count). The van der Waals surface area contributed by atoms with E-state index in [1.54, 1.807) is 42.5 Å². The lowest BCUT2D eigenvalue weighted by atomic mass is 9.97. The van der Waals surface area contributed by atoms with E-state index in [1.807, 2.05) is 97.1 Å². The molecule has 0 saturated heterocycles. The molecule has 0 radical (unpaired) electrons. The van der Waals surface area contributed by atoms with Crippen LogP contribution in [-0.4, -0.2) is 141 Å². The van der Waals surface area contributed by atoms with Gasteiger partial charge in [0.1, 0.15) is 67.4 Å². The van der Waals surface area contributed by atoms with Gasteiger partial charge >= 0.3 is 23.9 Å². The van der Waals surface area contributed by atoms with Crippen LogP contribution < -0.4 is 0 Å². The normalized spacial score (nSPS) is 13.7. The van der Waals surface area contributed by atoms with Gasteiger partial charge < -0.3 is 40.1 Å². The molecule has 0 saturated carbocycles. The highest BCUT2D eigenvalue weighted by atomic mass is 16.5. The van der Waals surface area contributed by atoms with Crippen LogP contribution in [0.3, 0.4) is 0 Å². The minimum atomic E-state index is -1.43. The third-order valence-electron chi connectivity index (χ3n) is 14.6. The largest absolute Gasteiger partial charge is 0.506 e. The molecule has 4 atom stereocenters. The topological polar surface area (TPSA) is 445 Å². The monoisotopic (exact) mass is 1290 g/mol. The SMILES string of the molecule is CC(C#N)(CCC(=O)O)N=NC(C)(C#N)CCC(=O)O.CC(C#N)(CCC(=O)OCCc1ccc(O)c(-n2nc3ccccc3n2)c1)N=NC(C)(C#N)CCC(=O)OCCc1ccc(O)c(-n2nc3ccccc3n2)c1.OCCc1ccc(O)c(-n2nc3ccccc3n2)c1. The van der Waals surface area contributed by atoms with Gasteiger partial charge in [-0.05, 0) is 149 Å². The zero-order valence-corrected chi connectivity index (χ0v) is 52.3. The van der Waals surface area contributed by atoms with Crippen molar-refractivity contribution in [1.29, 1.82) is 21.0 Å². The summed E-state index contributed by atoms with van der Waals surface area (Å²) in [5, 5.41) is 137. The molecule has 3 aromatic heterocycles. The smallest absolute Gasteiger partial charge is 0.305 e. The Bertz CT molecular complexity index is 4150. The molecule has 29 nitrogen and oxygen atoms in total. The van der Waals surface area contributed by atoms with E-state index in [4.69, 9.17) is 35.3 Å². The number of carbonyl (C=O) groups excluding carboxylic acids is 2. The molecule has 488 valence electrons. The van der Waals surface area contributed by atoms with Crippen LogP contribution in [0.15, 0.2) is 148 Å². The number of nitrogens with zero attached hydrogens (tertiary/aromatic N) is 17. The maximum atomic E-state index is 12.6. The molecule has 9 aromatic rings. The molecule has 0 bridgehead atoms. The molecule has 0 amide bonds. The van der Waals surface area contributed by atoms with Crippen molar-refractivity contribution in [3.8, 4) is 58.6 Å². The van der Waals surface area contributed by atoms with Crippen molar-refractivity contribution >= 4 is 57.0 Å². The number of aliphatic hydroxyl groups excluding tert-OH is 1. The third-order valence-corrected chi connectivity index (χ3v) is 14.6. The number of benzene rings is 6. The van der Waals surface area contributed by atoms with E-state index < -0.39 is 46.0 Å². The highest BCUT2D eigenvalue weighted by molar-refractivity contribution is 5.76. The first-order valence-corrected chi connectivity index (χ1v) is 29.7. The minimum Gasteiger partial charge on any atom is -0.506 e. The van der Waals surface area contributed by atoms with Crippen LogP contribution in [0.1, 0.15) is 95.8 Å². The average molecular weight is 1290 g/mol. The van der Waals surface area contributed by atoms with Crippen molar-refractivity contribution in [3.63, 3.8) is 0 Å².